The summed E-state index contributed by atoms with van der Waals surface area (Å²) in [6, 6.07) is 3.56. The Hall–Kier alpha value is -2.68. The Morgan fingerprint density at radius 1 is 1.27 bits per heavy atom. The summed E-state index contributed by atoms with van der Waals surface area (Å²) in [6.45, 7) is 1.80. The number of H-pyrrole nitrogens is 1. The van der Waals surface area contributed by atoms with Crippen LogP contribution in [0.3, 0.4) is 0 Å². The molecule has 0 unspecified atom stereocenters. The molecule has 0 aliphatic heterocycles. The Morgan fingerprint density at radius 3 is 2.86 bits per heavy atom. The zero-order valence-electron chi connectivity index (χ0n) is 11.8. The van der Waals surface area contributed by atoms with Crippen molar-refractivity contribution in [2.75, 3.05) is 6.26 Å². The highest BCUT2D eigenvalue weighted by Crippen LogP contribution is 2.17. The number of hydrogen-bond acceptors (Lipinski definition) is 6. The number of fused-ring (bicyclic) bond motifs is 3. The van der Waals surface area contributed by atoms with Crippen molar-refractivity contribution in [2.45, 2.75) is 12.1 Å². The highest BCUT2D eigenvalue weighted by molar-refractivity contribution is 7.98. The van der Waals surface area contributed by atoms with Gasteiger partial charge in [0.05, 0.1) is 22.8 Å². The van der Waals surface area contributed by atoms with E-state index in [2.05, 4.69) is 25.3 Å². The first-order valence-electron chi connectivity index (χ1n) is 6.51. The van der Waals surface area contributed by atoms with Gasteiger partial charge in [0.2, 0.25) is 5.16 Å². The van der Waals surface area contributed by atoms with E-state index in [1.807, 2.05) is 12.3 Å². The minimum absolute atomic E-state index is 0.171. The van der Waals surface area contributed by atoms with Gasteiger partial charge in [-0.1, -0.05) is 11.8 Å². The summed E-state index contributed by atoms with van der Waals surface area (Å²) >= 11 is 1.43. The number of aryl methyl sites for hydroxylation is 1. The lowest BCUT2D eigenvalue weighted by Gasteiger charge is -2.07. The molecule has 4 rings (SSSR count). The van der Waals surface area contributed by atoms with Crippen LogP contribution in [-0.4, -0.2) is 40.6 Å². The van der Waals surface area contributed by atoms with Crippen molar-refractivity contribution < 1.29 is 0 Å². The van der Waals surface area contributed by atoms with Gasteiger partial charge < -0.3 is 0 Å². The van der Waals surface area contributed by atoms with Crippen LogP contribution < -0.4 is 5.56 Å². The first-order chi connectivity index (χ1) is 10.7. The van der Waals surface area contributed by atoms with Gasteiger partial charge in [0, 0.05) is 12.3 Å². The second-order valence-corrected chi connectivity index (χ2v) is 5.47. The van der Waals surface area contributed by atoms with Gasteiger partial charge in [0.15, 0.2) is 0 Å². The third-order valence-electron chi connectivity index (χ3n) is 3.43. The van der Waals surface area contributed by atoms with Crippen LogP contribution in [0, 0.1) is 6.92 Å². The zero-order valence-corrected chi connectivity index (χ0v) is 12.6. The molecule has 0 radical (unpaired) electrons. The number of pyridine rings is 1. The maximum Gasteiger partial charge on any atom is 0.267 e. The van der Waals surface area contributed by atoms with E-state index in [0.29, 0.717) is 33.3 Å². The Morgan fingerprint density at radius 2 is 2.14 bits per heavy atom. The van der Waals surface area contributed by atoms with Crippen LogP contribution in [0.5, 0.6) is 0 Å². The van der Waals surface area contributed by atoms with Gasteiger partial charge in [-0.05, 0) is 19.2 Å². The second kappa shape index (κ2) is 4.67. The van der Waals surface area contributed by atoms with E-state index in [0.717, 1.165) is 0 Å². The minimum Gasteiger partial charge on any atom is -0.268 e. The summed E-state index contributed by atoms with van der Waals surface area (Å²) in [6.07, 6.45) is 5.19. The van der Waals surface area contributed by atoms with Crippen molar-refractivity contribution in [3.8, 4) is 5.82 Å². The van der Waals surface area contributed by atoms with Crippen LogP contribution in [-0.2, 0) is 0 Å². The van der Waals surface area contributed by atoms with Crippen LogP contribution in [0.1, 0.15) is 5.69 Å². The monoisotopic (exact) mass is 313 g/mol. The van der Waals surface area contributed by atoms with Crippen LogP contribution in [0.15, 0.2) is 34.5 Å². The lowest BCUT2D eigenvalue weighted by atomic mass is 10.2. The summed E-state index contributed by atoms with van der Waals surface area (Å²) < 4.78 is 3.11. The molecule has 0 aliphatic carbocycles. The molecule has 4 heterocycles. The number of nitrogens with zero attached hydrogens (tertiary/aromatic N) is 6. The van der Waals surface area contributed by atoms with Crippen LogP contribution in [0.25, 0.3) is 22.5 Å². The lowest BCUT2D eigenvalue weighted by molar-refractivity contribution is 0.892. The number of hydrogen-bond donors (Lipinski definition) is 1. The molecule has 0 fully saturated rings. The molecule has 22 heavy (non-hydrogen) atoms. The largest absolute Gasteiger partial charge is 0.268 e. The van der Waals surface area contributed by atoms with Gasteiger partial charge >= 0.3 is 0 Å². The predicted molar refractivity (Wildman–Crippen MR) is 82.5 cm³/mol. The molecule has 1 N–H and O–H groups in total. The highest BCUT2D eigenvalue weighted by Gasteiger charge is 2.14. The molecular weight excluding hydrogens is 302 g/mol. The molecule has 0 aromatic carbocycles. The SMILES string of the molecule is CSc1nc2nc(C)c3c(=O)n(-c4ccn[nH]4)ccc3n2n1. The molecule has 0 amide bonds. The van der Waals surface area contributed by atoms with E-state index in [-0.39, 0.29) is 5.56 Å². The molecule has 4 aromatic heterocycles. The fraction of sp³-hybridized carbons (Fsp3) is 0.154. The summed E-state index contributed by atoms with van der Waals surface area (Å²) in [5.41, 5.74) is 1.15. The third-order valence-corrected chi connectivity index (χ3v) is 3.96. The number of aromatic nitrogens is 7. The average Bonchev–Trinajstić information content (AvgIpc) is 3.15. The molecule has 8 nitrogen and oxygen atoms in total. The summed E-state index contributed by atoms with van der Waals surface area (Å²) in [4.78, 5) is 21.5. The highest BCUT2D eigenvalue weighted by atomic mass is 32.2. The van der Waals surface area contributed by atoms with Crippen LogP contribution in [0.4, 0.5) is 0 Å². The smallest absolute Gasteiger partial charge is 0.267 e. The molecular formula is C13H11N7OS. The Bertz CT molecular complexity index is 1050. The fourth-order valence-electron chi connectivity index (χ4n) is 2.43. The van der Waals surface area contributed by atoms with Gasteiger partial charge in [-0.2, -0.15) is 14.6 Å². The molecule has 9 heteroatoms. The third kappa shape index (κ3) is 1.75. The number of nitrogens with one attached hydrogen (secondary N) is 1. The standard InChI is InChI=1S/C13H11N7OS/c1-7-10-8(20-12(15-7)16-13(18-20)22-2)4-6-19(11(10)21)9-3-5-14-17-9/h3-6H,1-2H3,(H,14,17). The number of thioether (sulfide) groups is 1. The summed E-state index contributed by atoms with van der Waals surface area (Å²) in [7, 11) is 0. The second-order valence-electron chi connectivity index (χ2n) is 4.70. The maximum absolute atomic E-state index is 12.8. The van der Waals surface area contributed by atoms with Gasteiger partial charge in [-0.25, -0.2) is 4.98 Å². The maximum atomic E-state index is 12.8. The summed E-state index contributed by atoms with van der Waals surface area (Å²) in [5, 5.41) is 12.2. The zero-order chi connectivity index (χ0) is 15.3. The topological polar surface area (TPSA) is 93.8 Å². The molecule has 0 bridgehead atoms. The Balaban J connectivity index is 2.13. The molecule has 0 atom stereocenters. The lowest BCUT2D eigenvalue weighted by Crippen LogP contribution is -2.20. The van der Waals surface area contributed by atoms with E-state index in [4.69, 9.17) is 0 Å². The first-order valence-corrected chi connectivity index (χ1v) is 7.74. The van der Waals surface area contributed by atoms with Crippen LogP contribution >= 0.6 is 11.8 Å². The molecule has 110 valence electrons. The van der Waals surface area contributed by atoms with Gasteiger partial charge in [-0.3, -0.25) is 14.5 Å². The van der Waals surface area contributed by atoms with Crippen molar-refractivity contribution in [3.63, 3.8) is 0 Å². The first kappa shape index (κ1) is 13.0. The molecule has 0 saturated heterocycles. The van der Waals surface area contributed by atoms with Crippen molar-refractivity contribution in [1.82, 2.24) is 34.3 Å². The Labute approximate surface area is 128 Å². The molecule has 0 saturated carbocycles. The van der Waals surface area contributed by atoms with Crippen molar-refractivity contribution in [3.05, 3.63) is 40.6 Å². The van der Waals surface area contributed by atoms with E-state index in [1.165, 1.54) is 16.3 Å². The molecule has 0 aliphatic rings. The minimum atomic E-state index is -0.171. The van der Waals surface area contributed by atoms with Gasteiger partial charge in [0.25, 0.3) is 11.3 Å². The Kier molecular flexibility index (Phi) is 2.76. The van der Waals surface area contributed by atoms with Gasteiger partial charge in [0.1, 0.15) is 5.82 Å². The van der Waals surface area contributed by atoms with E-state index in [9.17, 15) is 4.79 Å². The summed E-state index contributed by atoms with van der Waals surface area (Å²) in [5.74, 6) is 1.10. The van der Waals surface area contributed by atoms with Crippen molar-refractivity contribution >= 4 is 28.4 Å². The van der Waals surface area contributed by atoms with Gasteiger partial charge in [-0.15, -0.1) is 5.10 Å². The van der Waals surface area contributed by atoms with Crippen molar-refractivity contribution in [1.29, 1.82) is 0 Å². The van der Waals surface area contributed by atoms with E-state index >= 15 is 0 Å². The fourth-order valence-corrected chi connectivity index (χ4v) is 2.76. The normalized spacial score (nSPS) is 11.5. The predicted octanol–water partition coefficient (Wildman–Crippen LogP) is 1.18. The number of aromatic amines is 1. The molecule has 0 spiro atoms. The van der Waals surface area contributed by atoms with E-state index < -0.39 is 0 Å². The van der Waals surface area contributed by atoms with E-state index in [1.54, 1.807) is 29.9 Å². The van der Waals surface area contributed by atoms with Crippen LogP contribution in [0.2, 0.25) is 0 Å². The number of rotatable bonds is 2. The van der Waals surface area contributed by atoms with Crippen molar-refractivity contribution in [2.24, 2.45) is 0 Å². The molecule has 4 aromatic rings. The quantitative estimate of drug-likeness (QED) is 0.559. The average molecular weight is 313 g/mol.